The summed E-state index contributed by atoms with van der Waals surface area (Å²) in [5.41, 5.74) is 9.08. The molecule has 0 spiro atoms. The number of benzene rings is 2. The van der Waals surface area contributed by atoms with Gasteiger partial charge < -0.3 is 9.84 Å². The van der Waals surface area contributed by atoms with Crippen LogP contribution >= 0.6 is 0 Å². The van der Waals surface area contributed by atoms with Gasteiger partial charge in [-0.15, -0.1) is 0 Å². The van der Waals surface area contributed by atoms with Gasteiger partial charge in [-0.1, -0.05) is 69.5 Å². The molecule has 0 saturated heterocycles. The van der Waals surface area contributed by atoms with Crippen molar-refractivity contribution < 1.29 is 14.6 Å². The fraction of sp³-hybridized carbons (Fsp3) is 0.471. The largest absolute Gasteiger partial charge is 0.463 e. The Balaban J connectivity index is 1.60. The summed E-state index contributed by atoms with van der Waals surface area (Å²) < 4.78 is 4.92. The molecule has 1 saturated carbocycles. The number of aliphatic hydroxyl groups is 1. The maximum atomic E-state index is 11.0. The van der Waals surface area contributed by atoms with Gasteiger partial charge in [-0.2, -0.15) is 0 Å². The number of aryl methyl sites for hydroxylation is 3. The van der Waals surface area contributed by atoms with Gasteiger partial charge >= 0.3 is 0 Å². The zero-order chi connectivity index (χ0) is 27.2. The fourth-order valence-corrected chi connectivity index (χ4v) is 6.46. The van der Waals surface area contributed by atoms with Crippen LogP contribution in [-0.2, 0) is 28.0 Å². The van der Waals surface area contributed by atoms with E-state index in [4.69, 9.17) is 4.74 Å². The van der Waals surface area contributed by atoms with E-state index in [2.05, 4.69) is 69.1 Å². The summed E-state index contributed by atoms with van der Waals surface area (Å²) in [6.45, 7) is 9.65. The number of carbonyl (C=O) groups is 1. The van der Waals surface area contributed by atoms with E-state index in [0.717, 1.165) is 68.1 Å². The molecule has 38 heavy (non-hydrogen) atoms. The molecule has 3 aromatic rings. The average molecular weight is 514 g/mol. The van der Waals surface area contributed by atoms with Crippen molar-refractivity contribution in [1.82, 2.24) is 4.98 Å². The number of hydrogen-bond donors (Lipinski definition) is 1. The molecule has 1 N–H and O–H groups in total. The van der Waals surface area contributed by atoms with Crippen LogP contribution in [0.4, 0.5) is 0 Å². The monoisotopic (exact) mass is 513 g/mol. The maximum Gasteiger partial charge on any atom is 0.293 e. The van der Waals surface area contributed by atoms with Crippen molar-refractivity contribution in [2.24, 2.45) is 0 Å². The van der Waals surface area contributed by atoms with E-state index >= 15 is 0 Å². The first-order valence-corrected chi connectivity index (χ1v) is 14.3. The van der Waals surface area contributed by atoms with Crippen LogP contribution in [-0.4, -0.2) is 22.2 Å². The van der Waals surface area contributed by atoms with Crippen molar-refractivity contribution in [2.45, 2.75) is 103 Å². The lowest BCUT2D eigenvalue weighted by Gasteiger charge is -2.35. The normalized spacial score (nSPS) is 15.3. The molecule has 2 aromatic carbocycles. The topological polar surface area (TPSA) is 59.4 Å². The third-order valence-electron chi connectivity index (χ3n) is 8.95. The van der Waals surface area contributed by atoms with Gasteiger partial charge in [0.05, 0.1) is 5.60 Å². The van der Waals surface area contributed by atoms with Crippen LogP contribution in [0.2, 0.25) is 0 Å². The number of aromatic nitrogens is 1. The van der Waals surface area contributed by atoms with Gasteiger partial charge in [0, 0.05) is 28.9 Å². The molecule has 1 aliphatic carbocycles. The van der Waals surface area contributed by atoms with Crippen molar-refractivity contribution in [3.8, 4) is 11.1 Å². The highest BCUT2D eigenvalue weighted by atomic mass is 16.5. The Morgan fingerprint density at radius 3 is 2.26 bits per heavy atom. The van der Waals surface area contributed by atoms with Crippen molar-refractivity contribution in [1.29, 1.82) is 0 Å². The van der Waals surface area contributed by atoms with Gasteiger partial charge in [-0.25, -0.2) is 0 Å². The Bertz CT molecular complexity index is 1240. The summed E-state index contributed by atoms with van der Waals surface area (Å²) in [7, 11) is 0. The number of ether oxygens (including phenoxy) is 1. The smallest absolute Gasteiger partial charge is 0.293 e. The molecule has 0 unspecified atom stereocenters. The molecule has 1 fully saturated rings. The number of rotatable bonds is 11. The van der Waals surface area contributed by atoms with E-state index in [-0.39, 0.29) is 12.0 Å². The highest BCUT2D eigenvalue weighted by molar-refractivity contribution is 5.68. The number of pyridine rings is 1. The Morgan fingerprint density at radius 1 is 0.947 bits per heavy atom. The maximum absolute atomic E-state index is 11.0. The minimum atomic E-state index is -0.476. The first kappa shape index (κ1) is 28.0. The summed E-state index contributed by atoms with van der Waals surface area (Å²) in [5.74, 6) is 0. The molecule has 4 rings (SSSR count). The van der Waals surface area contributed by atoms with Gasteiger partial charge in [-0.3, -0.25) is 9.78 Å². The van der Waals surface area contributed by atoms with E-state index in [1.807, 2.05) is 12.3 Å². The fourth-order valence-electron chi connectivity index (χ4n) is 6.46. The van der Waals surface area contributed by atoms with Gasteiger partial charge in [0.1, 0.15) is 6.61 Å². The molecule has 4 heteroatoms. The highest BCUT2D eigenvalue weighted by Gasteiger charge is 2.32. The molecule has 0 radical (unpaired) electrons. The molecule has 202 valence electrons. The number of nitrogens with zero attached hydrogens (tertiary/aromatic N) is 1. The Labute approximate surface area is 228 Å². The first-order valence-electron chi connectivity index (χ1n) is 14.3. The van der Waals surface area contributed by atoms with Crippen molar-refractivity contribution in [3.05, 3.63) is 88.2 Å². The zero-order valence-electron chi connectivity index (χ0n) is 23.6. The van der Waals surface area contributed by atoms with E-state index in [1.165, 1.54) is 34.2 Å². The molecule has 0 amide bonds. The van der Waals surface area contributed by atoms with Crippen LogP contribution in [0.3, 0.4) is 0 Å². The highest BCUT2D eigenvalue weighted by Crippen LogP contribution is 2.41. The summed E-state index contributed by atoms with van der Waals surface area (Å²) in [5, 5.41) is 11.0. The lowest BCUT2D eigenvalue weighted by atomic mass is 9.69. The predicted octanol–water partition coefficient (Wildman–Crippen LogP) is 7.77. The van der Waals surface area contributed by atoms with E-state index < -0.39 is 5.60 Å². The van der Waals surface area contributed by atoms with Crippen LogP contribution in [0, 0.1) is 13.8 Å². The Kier molecular flexibility index (Phi) is 9.04. The molecular weight excluding hydrogens is 470 g/mol. The van der Waals surface area contributed by atoms with Crippen LogP contribution in [0.1, 0.15) is 98.6 Å². The molecular formula is C34H43NO3. The summed E-state index contributed by atoms with van der Waals surface area (Å²) in [4.78, 5) is 15.0. The third-order valence-corrected chi connectivity index (χ3v) is 8.95. The van der Waals surface area contributed by atoms with Crippen LogP contribution in [0.15, 0.2) is 54.9 Å². The summed E-state index contributed by atoms with van der Waals surface area (Å²) in [6.07, 6.45) is 12.9. The second-order valence-electron chi connectivity index (χ2n) is 11.2. The zero-order valence-corrected chi connectivity index (χ0v) is 23.6. The second kappa shape index (κ2) is 12.3. The molecule has 0 atom stereocenters. The van der Waals surface area contributed by atoms with Gasteiger partial charge in [0.2, 0.25) is 0 Å². The lowest BCUT2D eigenvalue weighted by molar-refractivity contribution is -0.129. The van der Waals surface area contributed by atoms with E-state index in [1.54, 1.807) is 6.20 Å². The molecule has 1 aliphatic rings. The SMILES string of the molecule is CCC(CC)(c1ccc(CCC2(O)CCCCC2)c(C)c1)c1ccc(-c2cncc(COC=O)c2)c(C)c1. The minimum absolute atomic E-state index is 0.0634. The second-order valence-corrected chi connectivity index (χ2v) is 11.2. The standard InChI is InChI=1S/C34H43NO3/c1-5-34(6-2,30-11-10-28(25(3)18-30)14-17-33(37)15-8-7-9-16-33)31-12-13-32(26(4)19-31)29-20-27(21-35-22-29)23-38-24-36/h10-13,18-22,24,37H,5-9,14-17,23H2,1-4H3. The predicted molar refractivity (Wildman–Crippen MR) is 154 cm³/mol. The van der Waals surface area contributed by atoms with Crippen LogP contribution in [0.25, 0.3) is 11.1 Å². The molecule has 4 nitrogen and oxygen atoms in total. The molecule has 1 heterocycles. The number of hydrogen-bond acceptors (Lipinski definition) is 4. The van der Waals surface area contributed by atoms with Crippen molar-refractivity contribution in [3.63, 3.8) is 0 Å². The van der Waals surface area contributed by atoms with Gasteiger partial charge in [-0.05, 0) is 91.8 Å². The van der Waals surface area contributed by atoms with Crippen molar-refractivity contribution in [2.75, 3.05) is 0 Å². The molecule has 0 aliphatic heterocycles. The lowest BCUT2D eigenvalue weighted by Crippen LogP contribution is -2.31. The third kappa shape index (κ3) is 6.02. The Hall–Kier alpha value is -2.98. The van der Waals surface area contributed by atoms with Gasteiger partial charge in [0.25, 0.3) is 6.47 Å². The minimum Gasteiger partial charge on any atom is -0.463 e. The first-order chi connectivity index (χ1) is 18.3. The Morgan fingerprint density at radius 2 is 1.63 bits per heavy atom. The quantitative estimate of drug-likeness (QED) is 0.266. The number of carbonyl (C=O) groups excluding carboxylic acids is 1. The van der Waals surface area contributed by atoms with Gasteiger partial charge in [0.15, 0.2) is 0 Å². The average Bonchev–Trinajstić information content (AvgIpc) is 2.93. The summed E-state index contributed by atoms with van der Waals surface area (Å²) in [6, 6.07) is 15.9. The van der Waals surface area contributed by atoms with Crippen LogP contribution in [0.5, 0.6) is 0 Å². The van der Waals surface area contributed by atoms with E-state index in [9.17, 15) is 9.90 Å². The van der Waals surface area contributed by atoms with Crippen molar-refractivity contribution >= 4 is 6.47 Å². The van der Waals surface area contributed by atoms with Crippen LogP contribution < -0.4 is 0 Å². The van der Waals surface area contributed by atoms with E-state index in [0.29, 0.717) is 6.47 Å². The molecule has 1 aromatic heterocycles. The molecule has 0 bridgehead atoms. The summed E-state index contributed by atoms with van der Waals surface area (Å²) >= 11 is 0.